The number of carbonyl (C=O) groups excluding carboxylic acids is 1. The SMILES string of the molecule is COCCC(C)Oc1cccc(C=O)c1. The molecule has 0 aliphatic heterocycles. The van der Waals surface area contributed by atoms with Crippen LogP contribution in [0.15, 0.2) is 24.3 Å². The minimum absolute atomic E-state index is 0.0897. The maximum Gasteiger partial charge on any atom is 0.150 e. The van der Waals surface area contributed by atoms with Gasteiger partial charge in [-0.05, 0) is 19.1 Å². The molecule has 82 valence electrons. The van der Waals surface area contributed by atoms with Crippen LogP contribution < -0.4 is 4.74 Å². The van der Waals surface area contributed by atoms with Gasteiger partial charge in [0.05, 0.1) is 6.10 Å². The molecule has 1 atom stereocenters. The van der Waals surface area contributed by atoms with Gasteiger partial charge in [-0.2, -0.15) is 0 Å². The first-order chi connectivity index (χ1) is 7.26. The van der Waals surface area contributed by atoms with Gasteiger partial charge in [0.25, 0.3) is 0 Å². The second kappa shape index (κ2) is 6.19. The van der Waals surface area contributed by atoms with Crippen LogP contribution in [0.4, 0.5) is 0 Å². The number of hydrogen-bond donors (Lipinski definition) is 0. The maximum atomic E-state index is 10.5. The third-order valence-corrected chi connectivity index (χ3v) is 2.06. The van der Waals surface area contributed by atoms with Gasteiger partial charge < -0.3 is 9.47 Å². The lowest BCUT2D eigenvalue weighted by atomic mass is 10.2. The van der Waals surface area contributed by atoms with Crippen molar-refractivity contribution in [2.45, 2.75) is 19.4 Å². The Morgan fingerprint density at radius 3 is 2.93 bits per heavy atom. The van der Waals surface area contributed by atoms with Crippen molar-refractivity contribution in [2.24, 2.45) is 0 Å². The summed E-state index contributed by atoms with van der Waals surface area (Å²) in [5.74, 6) is 0.725. The van der Waals surface area contributed by atoms with E-state index in [9.17, 15) is 4.79 Å². The van der Waals surface area contributed by atoms with Crippen LogP contribution in [0.1, 0.15) is 23.7 Å². The Labute approximate surface area is 90.0 Å². The highest BCUT2D eigenvalue weighted by Crippen LogP contribution is 2.14. The van der Waals surface area contributed by atoms with Crippen molar-refractivity contribution in [3.8, 4) is 5.75 Å². The Bertz CT molecular complexity index is 309. The second-order valence-corrected chi connectivity index (χ2v) is 3.40. The van der Waals surface area contributed by atoms with Crippen molar-refractivity contribution in [2.75, 3.05) is 13.7 Å². The molecule has 0 spiro atoms. The summed E-state index contributed by atoms with van der Waals surface area (Å²) < 4.78 is 10.6. The summed E-state index contributed by atoms with van der Waals surface area (Å²) in [7, 11) is 1.67. The third-order valence-electron chi connectivity index (χ3n) is 2.06. The number of methoxy groups -OCH3 is 1. The molecule has 15 heavy (non-hydrogen) atoms. The number of ether oxygens (including phenoxy) is 2. The summed E-state index contributed by atoms with van der Waals surface area (Å²) in [5, 5.41) is 0. The van der Waals surface area contributed by atoms with Crippen LogP contribution >= 0.6 is 0 Å². The number of benzene rings is 1. The first-order valence-electron chi connectivity index (χ1n) is 4.97. The Morgan fingerprint density at radius 1 is 1.47 bits per heavy atom. The molecule has 3 heteroatoms. The highest BCUT2D eigenvalue weighted by molar-refractivity contribution is 5.75. The molecular weight excluding hydrogens is 192 g/mol. The average Bonchev–Trinajstić information content (AvgIpc) is 2.26. The molecule has 0 aliphatic rings. The van der Waals surface area contributed by atoms with Gasteiger partial charge in [-0.3, -0.25) is 4.79 Å². The van der Waals surface area contributed by atoms with Crippen molar-refractivity contribution in [3.05, 3.63) is 29.8 Å². The third kappa shape index (κ3) is 4.13. The van der Waals surface area contributed by atoms with Crippen LogP contribution in [0.5, 0.6) is 5.75 Å². The largest absolute Gasteiger partial charge is 0.491 e. The van der Waals surface area contributed by atoms with Crippen LogP contribution in [0.25, 0.3) is 0 Å². The molecule has 0 fully saturated rings. The first kappa shape index (κ1) is 11.7. The molecule has 0 aliphatic carbocycles. The molecule has 0 radical (unpaired) electrons. The Kier molecular flexibility index (Phi) is 4.84. The molecule has 3 nitrogen and oxygen atoms in total. The monoisotopic (exact) mass is 208 g/mol. The smallest absolute Gasteiger partial charge is 0.150 e. The highest BCUT2D eigenvalue weighted by atomic mass is 16.5. The van der Waals surface area contributed by atoms with E-state index < -0.39 is 0 Å². The van der Waals surface area contributed by atoms with E-state index in [4.69, 9.17) is 9.47 Å². The van der Waals surface area contributed by atoms with Gasteiger partial charge in [0.1, 0.15) is 12.0 Å². The van der Waals surface area contributed by atoms with Gasteiger partial charge in [0.2, 0.25) is 0 Å². The molecular formula is C12H16O3. The Hall–Kier alpha value is -1.35. The van der Waals surface area contributed by atoms with E-state index in [1.54, 1.807) is 19.2 Å². The van der Waals surface area contributed by atoms with Crippen LogP contribution in [-0.2, 0) is 4.74 Å². The van der Waals surface area contributed by atoms with Crippen molar-refractivity contribution < 1.29 is 14.3 Å². The number of hydrogen-bond acceptors (Lipinski definition) is 3. The van der Waals surface area contributed by atoms with Gasteiger partial charge >= 0.3 is 0 Å². The minimum Gasteiger partial charge on any atom is -0.491 e. The van der Waals surface area contributed by atoms with E-state index >= 15 is 0 Å². The standard InChI is InChI=1S/C12H16O3/c1-10(6-7-14-2)15-12-5-3-4-11(8-12)9-13/h3-5,8-10H,6-7H2,1-2H3. The molecule has 1 rings (SSSR count). The Balaban J connectivity index is 2.52. The predicted octanol–water partition coefficient (Wildman–Crippen LogP) is 2.30. The van der Waals surface area contributed by atoms with Crippen LogP contribution in [0.2, 0.25) is 0 Å². The quantitative estimate of drug-likeness (QED) is 0.673. The fourth-order valence-corrected chi connectivity index (χ4v) is 1.24. The summed E-state index contributed by atoms with van der Waals surface area (Å²) in [6, 6.07) is 7.13. The van der Waals surface area contributed by atoms with Gasteiger partial charge in [-0.15, -0.1) is 0 Å². The van der Waals surface area contributed by atoms with Gasteiger partial charge in [-0.25, -0.2) is 0 Å². The molecule has 0 amide bonds. The minimum atomic E-state index is 0.0897. The highest BCUT2D eigenvalue weighted by Gasteiger charge is 2.03. The molecule has 1 aromatic rings. The zero-order valence-corrected chi connectivity index (χ0v) is 9.10. The van der Waals surface area contributed by atoms with Crippen molar-refractivity contribution >= 4 is 6.29 Å². The van der Waals surface area contributed by atoms with E-state index in [0.29, 0.717) is 12.2 Å². The fraction of sp³-hybridized carbons (Fsp3) is 0.417. The summed E-state index contributed by atoms with van der Waals surface area (Å²) in [6.45, 7) is 2.65. The maximum absolute atomic E-state index is 10.5. The summed E-state index contributed by atoms with van der Waals surface area (Å²) in [5.41, 5.74) is 0.631. The lowest BCUT2D eigenvalue weighted by Crippen LogP contribution is -2.14. The normalized spacial score (nSPS) is 12.1. The van der Waals surface area contributed by atoms with E-state index in [1.807, 2.05) is 19.1 Å². The van der Waals surface area contributed by atoms with Crippen molar-refractivity contribution in [1.29, 1.82) is 0 Å². The molecule has 0 N–H and O–H groups in total. The molecule has 0 saturated carbocycles. The number of carbonyl (C=O) groups is 1. The first-order valence-corrected chi connectivity index (χ1v) is 4.97. The van der Waals surface area contributed by atoms with Gasteiger partial charge in [0.15, 0.2) is 0 Å². The molecule has 1 unspecified atom stereocenters. The zero-order valence-electron chi connectivity index (χ0n) is 9.10. The lowest BCUT2D eigenvalue weighted by Gasteiger charge is -2.14. The number of aldehydes is 1. The molecule has 0 saturated heterocycles. The van der Waals surface area contributed by atoms with Crippen molar-refractivity contribution in [3.63, 3.8) is 0 Å². The molecule has 0 aromatic heterocycles. The summed E-state index contributed by atoms with van der Waals surface area (Å²) in [6.07, 6.45) is 1.74. The van der Waals surface area contributed by atoms with Crippen molar-refractivity contribution in [1.82, 2.24) is 0 Å². The predicted molar refractivity (Wildman–Crippen MR) is 58.4 cm³/mol. The average molecular weight is 208 g/mol. The molecule has 1 aromatic carbocycles. The van der Waals surface area contributed by atoms with Crippen LogP contribution in [0, 0.1) is 0 Å². The lowest BCUT2D eigenvalue weighted by molar-refractivity contribution is 0.112. The van der Waals surface area contributed by atoms with E-state index in [1.165, 1.54) is 0 Å². The topological polar surface area (TPSA) is 35.5 Å². The van der Waals surface area contributed by atoms with Gasteiger partial charge in [0, 0.05) is 25.7 Å². The summed E-state index contributed by atoms with van der Waals surface area (Å²) in [4.78, 5) is 10.5. The van der Waals surface area contributed by atoms with E-state index in [0.717, 1.165) is 18.5 Å². The number of rotatable bonds is 6. The van der Waals surface area contributed by atoms with E-state index in [2.05, 4.69) is 0 Å². The fourth-order valence-electron chi connectivity index (χ4n) is 1.24. The van der Waals surface area contributed by atoms with Crippen LogP contribution in [0.3, 0.4) is 0 Å². The zero-order chi connectivity index (χ0) is 11.1. The van der Waals surface area contributed by atoms with Crippen LogP contribution in [-0.4, -0.2) is 26.1 Å². The van der Waals surface area contributed by atoms with Gasteiger partial charge in [-0.1, -0.05) is 12.1 Å². The van der Waals surface area contributed by atoms with E-state index in [-0.39, 0.29) is 6.10 Å². The second-order valence-electron chi connectivity index (χ2n) is 3.40. The molecule has 0 heterocycles. The molecule has 0 bridgehead atoms. The summed E-state index contributed by atoms with van der Waals surface area (Å²) >= 11 is 0. The Morgan fingerprint density at radius 2 is 2.27 bits per heavy atom.